The Labute approximate surface area is 127 Å². The van der Waals surface area contributed by atoms with E-state index in [2.05, 4.69) is 11.9 Å². The van der Waals surface area contributed by atoms with Gasteiger partial charge in [0.15, 0.2) is 0 Å². The summed E-state index contributed by atoms with van der Waals surface area (Å²) in [6, 6.07) is 4.50. The van der Waals surface area contributed by atoms with E-state index in [0.29, 0.717) is 18.7 Å². The first-order chi connectivity index (χ1) is 10.5. The van der Waals surface area contributed by atoms with Crippen molar-refractivity contribution in [2.45, 2.75) is 6.54 Å². The van der Waals surface area contributed by atoms with E-state index in [-0.39, 0.29) is 24.6 Å². The molecule has 0 unspecified atom stereocenters. The molecule has 0 radical (unpaired) electrons. The number of hydrogen-bond donors (Lipinski definition) is 2. The molecule has 0 bridgehead atoms. The van der Waals surface area contributed by atoms with Crippen LogP contribution in [0.4, 0.5) is 4.79 Å². The molecule has 2 N–H and O–H groups in total. The molecular weight excluding hydrogens is 288 g/mol. The molecule has 1 heterocycles. The lowest BCUT2D eigenvalue weighted by molar-refractivity contribution is 0.0696. The standard InChI is InChI=1S/C15H16N2O5/c1-2-7-22-15(21)16-5-6-17-9-11-4-3-10(14(19)20)8-12(11)13(17)18/h2-4,8H,1,5-7,9H2,(H,16,21)(H,19,20). The number of carbonyl (C=O) groups is 3. The maximum absolute atomic E-state index is 12.2. The Bertz CT molecular complexity index is 626. The van der Waals surface area contributed by atoms with E-state index < -0.39 is 12.1 Å². The van der Waals surface area contributed by atoms with E-state index >= 15 is 0 Å². The van der Waals surface area contributed by atoms with Crippen molar-refractivity contribution in [2.75, 3.05) is 19.7 Å². The lowest BCUT2D eigenvalue weighted by Gasteiger charge is -2.15. The molecule has 7 nitrogen and oxygen atoms in total. The van der Waals surface area contributed by atoms with Crippen LogP contribution in [0.15, 0.2) is 30.9 Å². The molecule has 1 aromatic carbocycles. The molecule has 116 valence electrons. The minimum Gasteiger partial charge on any atom is -0.478 e. The van der Waals surface area contributed by atoms with Crippen molar-refractivity contribution in [3.8, 4) is 0 Å². The summed E-state index contributed by atoms with van der Waals surface area (Å²) in [4.78, 5) is 35.9. The molecule has 0 saturated heterocycles. The van der Waals surface area contributed by atoms with E-state index in [0.717, 1.165) is 5.56 Å². The number of carboxylic acids is 1. The normalized spacial score (nSPS) is 12.7. The third-order valence-corrected chi connectivity index (χ3v) is 3.22. The van der Waals surface area contributed by atoms with E-state index in [1.165, 1.54) is 18.2 Å². The summed E-state index contributed by atoms with van der Waals surface area (Å²) in [6.07, 6.45) is 0.887. The topological polar surface area (TPSA) is 95.9 Å². The minimum atomic E-state index is -1.07. The maximum Gasteiger partial charge on any atom is 0.407 e. The quantitative estimate of drug-likeness (QED) is 0.771. The lowest BCUT2D eigenvalue weighted by atomic mass is 10.1. The van der Waals surface area contributed by atoms with Crippen molar-refractivity contribution in [1.82, 2.24) is 10.2 Å². The summed E-state index contributed by atoms with van der Waals surface area (Å²) in [5.41, 5.74) is 1.26. The Balaban J connectivity index is 1.90. The van der Waals surface area contributed by atoms with E-state index in [4.69, 9.17) is 9.84 Å². The monoisotopic (exact) mass is 304 g/mol. The van der Waals surface area contributed by atoms with Crippen LogP contribution in [-0.2, 0) is 11.3 Å². The average molecular weight is 304 g/mol. The van der Waals surface area contributed by atoms with Gasteiger partial charge in [-0.1, -0.05) is 18.7 Å². The lowest BCUT2D eigenvalue weighted by Crippen LogP contribution is -2.35. The van der Waals surface area contributed by atoms with Crippen molar-refractivity contribution < 1.29 is 24.2 Å². The molecule has 0 spiro atoms. The van der Waals surface area contributed by atoms with Gasteiger partial charge in [-0.2, -0.15) is 0 Å². The van der Waals surface area contributed by atoms with Crippen LogP contribution in [0.2, 0.25) is 0 Å². The second-order valence-corrected chi connectivity index (χ2v) is 4.72. The van der Waals surface area contributed by atoms with E-state index in [1.54, 1.807) is 11.0 Å². The summed E-state index contributed by atoms with van der Waals surface area (Å²) in [6.45, 7) is 4.52. The Morgan fingerprint density at radius 3 is 2.91 bits per heavy atom. The van der Waals surface area contributed by atoms with Gasteiger partial charge in [-0.3, -0.25) is 4.79 Å². The Kier molecular flexibility index (Phi) is 4.77. The number of alkyl carbamates (subject to hydrolysis) is 1. The fourth-order valence-corrected chi connectivity index (χ4v) is 2.15. The molecule has 0 fully saturated rings. The zero-order valence-electron chi connectivity index (χ0n) is 11.9. The highest BCUT2D eigenvalue weighted by atomic mass is 16.5. The van der Waals surface area contributed by atoms with Crippen molar-refractivity contribution in [3.63, 3.8) is 0 Å². The van der Waals surface area contributed by atoms with Gasteiger partial charge < -0.3 is 20.1 Å². The van der Waals surface area contributed by atoms with E-state index in [9.17, 15) is 14.4 Å². The zero-order chi connectivity index (χ0) is 16.1. The highest BCUT2D eigenvalue weighted by molar-refractivity contribution is 6.00. The number of carboxylic acid groups (broad SMARTS) is 1. The Hall–Kier alpha value is -2.83. The second kappa shape index (κ2) is 6.75. The van der Waals surface area contributed by atoms with Crippen molar-refractivity contribution >= 4 is 18.0 Å². The second-order valence-electron chi connectivity index (χ2n) is 4.72. The Morgan fingerprint density at radius 2 is 2.23 bits per heavy atom. The molecule has 0 atom stereocenters. The van der Waals surface area contributed by atoms with Crippen LogP contribution >= 0.6 is 0 Å². The van der Waals surface area contributed by atoms with Crippen molar-refractivity contribution in [2.24, 2.45) is 0 Å². The number of amides is 2. The first-order valence-electron chi connectivity index (χ1n) is 6.70. The van der Waals surface area contributed by atoms with Crippen LogP contribution in [-0.4, -0.2) is 47.7 Å². The molecule has 22 heavy (non-hydrogen) atoms. The summed E-state index contributed by atoms with van der Waals surface area (Å²) < 4.78 is 4.75. The minimum absolute atomic E-state index is 0.0834. The SMILES string of the molecule is C=CCOC(=O)NCCN1Cc2ccc(C(=O)O)cc2C1=O. The number of carbonyl (C=O) groups excluding carboxylic acids is 2. The van der Waals surface area contributed by atoms with Crippen molar-refractivity contribution in [1.29, 1.82) is 0 Å². The number of aromatic carboxylic acids is 1. The predicted octanol–water partition coefficient (Wildman–Crippen LogP) is 1.25. The molecule has 7 heteroatoms. The number of benzene rings is 1. The van der Waals surface area contributed by atoms with Crippen LogP contribution in [0, 0.1) is 0 Å². The van der Waals surface area contributed by atoms with Crippen LogP contribution < -0.4 is 5.32 Å². The largest absolute Gasteiger partial charge is 0.478 e. The first-order valence-corrected chi connectivity index (χ1v) is 6.70. The third-order valence-electron chi connectivity index (χ3n) is 3.22. The summed E-state index contributed by atoms with van der Waals surface area (Å²) in [7, 11) is 0. The zero-order valence-corrected chi connectivity index (χ0v) is 11.9. The molecule has 0 saturated carbocycles. The molecular formula is C15H16N2O5. The van der Waals surface area contributed by atoms with Gasteiger partial charge in [0.25, 0.3) is 5.91 Å². The maximum atomic E-state index is 12.2. The average Bonchev–Trinajstić information content (AvgIpc) is 2.81. The highest BCUT2D eigenvalue weighted by Gasteiger charge is 2.27. The molecule has 1 aliphatic rings. The number of nitrogens with zero attached hydrogens (tertiary/aromatic N) is 1. The van der Waals surface area contributed by atoms with Crippen LogP contribution in [0.1, 0.15) is 26.3 Å². The summed E-state index contributed by atoms with van der Waals surface area (Å²) in [5.74, 6) is -1.31. The highest BCUT2D eigenvalue weighted by Crippen LogP contribution is 2.23. The molecule has 1 aromatic rings. The number of hydrogen-bond acceptors (Lipinski definition) is 4. The number of nitrogens with one attached hydrogen (secondary N) is 1. The van der Waals surface area contributed by atoms with Gasteiger partial charge in [0.2, 0.25) is 0 Å². The van der Waals surface area contributed by atoms with Gasteiger partial charge in [0.05, 0.1) is 5.56 Å². The van der Waals surface area contributed by atoms with Crippen molar-refractivity contribution in [3.05, 3.63) is 47.5 Å². The Morgan fingerprint density at radius 1 is 1.45 bits per heavy atom. The van der Waals surface area contributed by atoms with Gasteiger partial charge in [0.1, 0.15) is 6.61 Å². The summed E-state index contributed by atoms with van der Waals surface area (Å²) >= 11 is 0. The molecule has 2 amide bonds. The smallest absolute Gasteiger partial charge is 0.407 e. The molecule has 2 rings (SSSR count). The van der Waals surface area contributed by atoms with E-state index in [1.807, 2.05) is 0 Å². The molecule has 0 aliphatic carbocycles. The van der Waals surface area contributed by atoms with Gasteiger partial charge in [-0.15, -0.1) is 0 Å². The van der Waals surface area contributed by atoms with Gasteiger partial charge in [0, 0.05) is 25.2 Å². The van der Waals surface area contributed by atoms with Gasteiger partial charge >= 0.3 is 12.1 Å². The third kappa shape index (κ3) is 3.43. The number of rotatable bonds is 6. The fraction of sp³-hybridized carbons (Fsp3) is 0.267. The number of ether oxygens (including phenoxy) is 1. The first kappa shape index (κ1) is 15.6. The fourth-order valence-electron chi connectivity index (χ4n) is 2.15. The predicted molar refractivity (Wildman–Crippen MR) is 77.7 cm³/mol. The van der Waals surface area contributed by atoms with Gasteiger partial charge in [-0.05, 0) is 17.7 Å². The number of fused-ring (bicyclic) bond motifs is 1. The molecule has 0 aromatic heterocycles. The summed E-state index contributed by atoms with van der Waals surface area (Å²) in [5, 5.41) is 11.5. The van der Waals surface area contributed by atoms with Crippen LogP contribution in [0.25, 0.3) is 0 Å². The van der Waals surface area contributed by atoms with Crippen LogP contribution in [0.3, 0.4) is 0 Å². The van der Waals surface area contributed by atoms with Crippen LogP contribution in [0.5, 0.6) is 0 Å². The van der Waals surface area contributed by atoms with Gasteiger partial charge in [-0.25, -0.2) is 9.59 Å². The molecule has 1 aliphatic heterocycles.